The van der Waals surface area contributed by atoms with E-state index in [0.717, 1.165) is 35.6 Å². The molecule has 1 aliphatic rings. The van der Waals surface area contributed by atoms with Crippen molar-refractivity contribution in [2.45, 2.75) is 75.9 Å². The predicted octanol–water partition coefficient (Wildman–Crippen LogP) is 5.62. The summed E-state index contributed by atoms with van der Waals surface area (Å²) in [6.45, 7) is 5.23. The molecule has 0 radical (unpaired) electrons. The summed E-state index contributed by atoms with van der Waals surface area (Å²) in [5, 5.41) is 3.04. The minimum atomic E-state index is -4.12. The molecule has 1 fully saturated rings. The number of amides is 2. The third-order valence-electron chi connectivity index (χ3n) is 7.59. The average molecular weight is 580 g/mol. The third-order valence-corrected chi connectivity index (χ3v) is 9.38. The van der Waals surface area contributed by atoms with Crippen molar-refractivity contribution < 1.29 is 22.4 Å². The Morgan fingerprint density at radius 1 is 0.902 bits per heavy atom. The fraction of sp³-hybridized carbons (Fsp3) is 0.375. The van der Waals surface area contributed by atoms with Gasteiger partial charge in [0.15, 0.2) is 0 Å². The smallest absolute Gasteiger partial charge is 0.264 e. The zero-order chi connectivity index (χ0) is 29.6. The Labute approximate surface area is 242 Å². The van der Waals surface area contributed by atoms with E-state index in [9.17, 15) is 22.4 Å². The highest BCUT2D eigenvalue weighted by Gasteiger charge is 2.33. The number of carbonyl (C=O) groups excluding carboxylic acids is 2. The van der Waals surface area contributed by atoms with Gasteiger partial charge in [0.1, 0.15) is 18.4 Å². The van der Waals surface area contributed by atoms with Crippen LogP contribution in [-0.4, -0.2) is 43.8 Å². The normalized spacial score (nSPS) is 14.6. The lowest BCUT2D eigenvalue weighted by atomic mass is 10.0. The summed E-state index contributed by atoms with van der Waals surface area (Å²) in [4.78, 5) is 28.7. The summed E-state index contributed by atoms with van der Waals surface area (Å²) in [6, 6.07) is 19.9. The molecule has 1 saturated carbocycles. The molecule has 1 atom stereocenters. The second-order valence-corrected chi connectivity index (χ2v) is 12.7. The number of carbonyl (C=O) groups is 2. The van der Waals surface area contributed by atoms with Crippen LogP contribution in [0.2, 0.25) is 0 Å². The molecule has 3 aromatic rings. The van der Waals surface area contributed by atoms with Crippen LogP contribution >= 0.6 is 0 Å². The molecular weight excluding hydrogens is 541 g/mol. The number of benzene rings is 3. The lowest BCUT2D eigenvalue weighted by Crippen LogP contribution is -2.52. The summed E-state index contributed by atoms with van der Waals surface area (Å²) in [5.74, 6) is -1.01. The van der Waals surface area contributed by atoms with Gasteiger partial charge in [-0.15, -0.1) is 0 Å². The van der Waals surface area contributed by atoms with Crippen LogP contribution < -0.4 is 9.62 Å². The summed E-state index contributed by atoms with van der Waals surface area (Å²) >= 11 is 0. The van der Waals surface area contributed by atoms with Gasteiger partial charge in [0.2, 0.25) is 11.8 Å². The highest BCUT2D eigenvalue weighted by molar-refractivity contribution is 7.92. The molecule has 9 heteroatoms. The number of nitrogens with zero attached hydrogens (tertiary/aromatic N) is 2. The van der Waals surface area contributed by atoms with Gasteiger partial charge in [-0.1, -0.05) is 69.2 Å². The maximum Gasteiger partial charge on any atom is 0.264 e. The standard InChI is InChI=1S/C32H38FN3O4S/c1-23(2)26-15-19-29(20-16-26)36(41(39,40)30-11-5-4-6-12-30)22-31(37)35(21-25-13-17-27(33)18-14-25)24(3)32(38)34-28-9-7-8-10-28/h4-6,11-20,23-24,28H,7-10,21-22H2,1-3H3,(H,34,38)/t24-/m0/s1. The molecule has 0 unspecified atom stereocenters. The van der Waals surface area contributed by atoms with Crippen LogP contribution in [0.4, 0.5) is 10.1 Å². The molecule has 2 amide bonds. The molecule has 7 nitrogen and oxygen atoms in total. The minimum absolute atomic E-state index is 0.0177. The first-order valence-corrected chi connectivity index (χ1v) is 15.5. The Bertz CT molecular complexity index is 1420. The lowest BCUT2D eigenvalue weighted by molar-refractivity contribution is -0.139. The maximum absolute atomic E-state index is 14.0. The van der Waals surface area contributed by atoms with Crippen LogP contribution in [0.15, 0.2) is 83.8 Å². The van der Waals surface area contributed by atoms with E-state index in [0.29, 0.717) is 11.3 Å². The van der Waals surface area contributed by atoms with E-state index in [4.69, 9.17) is 0 Å². The van der Waals surface area contributed by atoms with Crippen molar-refractivity contribution in [3.63, 3.8) is 0 Å². The van der Waals surface area contributed by atoms with Gasteiger partial charge in [0.05, 0.1) is 10.6 Å². The van der Waals surface area contributed by atoms with Gasteiger partial charge in [-0.25, -0.2) is 12.8 Å². The molecule has 0 spiro atoms. The molecule has 3 aromatic carbocycles. The van der Waals surface area contributed by atoms with E-state index >= 15 is 0 Å². The number of hydrogen-bond acceptors (Lipinski definition) is 4. The van der Waals surface area contributed by atoms with Crippen molar-refractivity contribution in [2.24, 2.45) is 0 Å². The van der Waals surface area contributed by atoms with Crippen LogP contribution in [0.5, 0.6) is 0 Å². The number of sulfonamides is 1. The van der Waals surface area contributed by atoms with Crippen LogP contribution in [0, 0.1) is 5.82 Å². The van der Waals surface area contributed by atoms with E-state index in [2.05, 4.69) is 5.32 Å². The summed E-state index contributed by atoms with van der Waals surface area (Å²) in [5.41, 5.74) is 2.00. The summed E-state index contributed by atoms with van der Waals surface area (Å²) < 4.78 is 42.4. The second-order valence-electron chi connectivity index (χ2n) is 10.9. The van der Waals surface area contributed by atoms with Gasteiger partial charge in [-0.05, 0) is 73.2 Å². The molecule has 0 aromatic heterocycles. The molecule has 41 heavy (non-hydrogen) atoms. The second kappa shape index (κ2) is 13.3. The molecule has 218 valence electrons. The van der Waals surface area contributed by atoms with E-state index < -0.39 is 34.3 Å². The fourth-order valence-corrected chi connectivity index (χ4v) is 6.47. The molecule has 4 rings (SSSR count). The molecule has 0 heterocycles. The Kier molecular flexibility index (Phi) is 9.81. The van der Waals surface area contributed by atoms with Crippen LogP contribution in [0.25, 0.3) is 0 Å². The molecule has 0 saturated heterocycles. The Morgan fingerprint density at radius 3 is 2.10 bits per heavy atom. The number of rotatable bonds is 11. The molecule has 1 N–H and O–H groups in total. The number of halogens is 1. The zero-order valence-electron chi connectivity index (χ0n) is 23.8. The maximum atomic E-state index is 14.0. The zero-order valence-corrected chi connectivity index (χ0v) is 24.6. The monoisotopic (exact) mass is 579 g/mol. The first-order chi connectivity index (χ1) is 19.6. The van der Waals surface area contributed by atoms with Gasteiger partial charge in [0.25, 0.3) is 10.0 Å². The predicted molar refractivity (Wildman–Crippen MR) is 158 cm³/mol. The fourth-order valence-electron chi connectivity index (χ4n) is 5.03. The van der Waals surface area contributed by atoms with Gasteiger partial charge < -0.3 is 10.2 Å². The SMILES string of the molecule is CC(C)c1ccc(N(CC(=O)N(Cc2ccc(F)cc2)[C@@H](C)C(=O)NC2CCCC2)S(=O)(=O)c2ccccc2)cc1. The molecule has 0 aliphatic heterocycles. The van der Waals surface area contributed by atoms with Gasteiger partial charge >= 0.3 is 0 Å². The Hall–Kier alpha value is -3.72. The first-order valence-electron chi connectivity index (χ1n) is 14.1. The largest absolute Gasteiger partial charge is 0.352 e. The summed E-state index contributed by atoms with van der Waals surface area (Å²) in [6.07, 6.45) is 3.86. The van der Waals surface area contributed by atoms with Crippen molar-refractivity contribution in [2.75, 3.05) is 10.8 Å². The van der Waals surface area contributed by atoms with E-state index in [1.165, 1.54) is 29.2 Å². The van der Waals surface area contributed by atoms with Crippen LogP contribution in [-0.2, 0) is 26.2 Å². The van der Waals surface area contributed by atoms with Crippen molar-refractivity contribution in [3.05, 3.63) is 95.8 Å². The van der Waals surface area contributed by atoms with Gasteiger partial charge in [0, 0.05) is 12.6 Å². The van der Waals surface area contributed by atoms with Gasteiger partial charge in [-0.2, -0.15) is 0 Å². The highest BCUT2D eigenvalue weighted by Crippen LogP contribution is 2.27. The van der Waals surface area contributed by atoms with E-state index in [1.54, 1.807) is 49.4 Å². The van der Waals surface area contributed by atoms with Crippen molar-refractivity contribution in [1.29, 1.82) is 0 Å². The summed E-state index contributed by atoms with van der Waals surface area (Å²) in [7, 11) is -4.12. The quantitative estimate of drug-likeness (QED) is 0.320. The number of nitrogens with one attached hydrogen (secondary N) is 1. The van der Waals surface area contributed by atoms with E-state index in [1.807, 2.05) is 26.0 Å². The van der Waals surface area contributed by atoms with E-state index in [-0.39, 0.29) is 29.3 Å². The van der Waals surface area contributed by atoms with Crippen molar-refractivity contribution >= 4 is 27.5 Å². The van der Waals surface area contributed by atoms with Crippen LogP contribution in [0.1, 0.15) is 63.5 Å². The lowest BCUT2D eigenvalue weighted by Gasteiger charge is -2.32. The minimum Gasteiger partial charge on any atom is -0.352 e. The first kappa shape index (κ1) is 30.2. The average Bonchev–Trinajstić information content (AvgIpc) is 3.48. The number of hydrogen-bond donors (Lipinski definition) is 1. The molecule has 1 aliphatic carbocycles. The van der Waals surface area contributed by atoms with Crippen LogP contribution in [0.3, 0.4) is 0 Å². The topological polar surface area (TPSA) is 86.8 Å². The number of anilines is 1. The highest BCUT2D eigenvalue weighted by atomic mass is 32.2. The third kappa shape index (κ3) is 7.52. The van der Waals surface area contributed by atoms with Crippen molar-refractivity contribution in [1.82, 2.24) is 10.2 Å². The Morgan fingerprint density at radius 2 is 1.51 bits per heavy atom. The molecule has 0 bridgehead atoms. The van der Waals surface area contributed by atoms with Crippen molar-refractivity contribution in [3.8, 4) is 0 Å². The van der Waals surface area contributed by atoms with Gasteiger partial charge in [-0.3, -0.25) is 13.9 Å². The molecular formula is C32H38FN3O4S. The Balaban J connectivity index is 1.68.